The van der Waals surface area contributed by atoms with Gasteiger partial charge in [-0.25, -0.2) is 0 Å². The molecule has 1 unspecified atom stereocenters. The van der Waals surface area contributed by atoms with E-state index in [0.29, 0.717) is 5.56 Å². The summed E-state index contributed by atoms with van der Waals surface area (Å²) in [7, 11) is 0. The molecule has 152 valence electrons. The Morgan fingerprint density at radius 3 is 2.03 bits per heavy atom. The highest BCUT2D eigenvalue weighted by atomic mass is 19.4. The summed E-state index contributed by atoms with van der Waals surface area (Å²) >= 11 is 0. The number of nitrogens with zero attached hydrogens (tertiary/aromatic N) is 1. The van der Waals surface area contributed by atoms with Crippen molar-refractivity contribution in [2.45, 2.75) is 26.1 Å². The van der Waals surface area contributed by atoms with Crippen LogP contribution in [0.4, 0.5) is 18.9 Å². The van der Waals surface area contributed by atoms with Crippen molar-refractivity contribution < 1.29 is 33.0 Å². The Bertz CT molecular complexity index is 976. The highest BCUT2D eigenvalue weighted by Gasteiger charge is 2.45. The number of amides is 1. The van der Waals surface area contributed by atoms with E-state index in [9.17, 15) is 33.0 Å². The number of aromatic hydroxyl groups is 1. The topological polar surface area (TPSA) is 77.8 Å². The van der Waals surface area contributed by atoms with E-state index in [2.05, 4.69) is 0 Å². The number of alkyl halides is 3. The number of rotatable bonds is 4. The SMILES string of the molecule is CC(C)C(=O)C1=C(O)C(=O)N(c2ccc(C(F)(F)F)cc2)C1c1ccc(O)cc1. The molecule has 0 spiro atoms. The van der Waals surface area contributed by atoms with E-state index in [1.165, 1.54) is 24.3 Å². The van der Waals surface area contributed by atoms with Crippen LogP contribution in [0.5, 0.6) is 5.75 Å². The summed E-state index contributed by atoms with van der Waals surface area (Å²) in [5.74, 6) is -2.63. The quantitative estimate of drug-likeness (QED) is 0.783. The van der Waals surface area contributed by atoms with Crippen LogP contribution in [0.25, 0.3) is 0 Å². The first-order valence-electron chi connectivity index (χ1n) is 8.79. The Morgan fingerprint density at radius 1 is 1.00 bits per heavy atom. The molecule has 8 heteroatoms. The van der Waals surface area contributed by atoms with E-state index >= 15 is 0 Å². The molecule has 1 atom stereocenters. The Morgan fingerprint density at radius 2 is 1.55 bits per heavy atom. The van der Waals surface area contributed by atoms with E-state index < -0.39 is 41.1 Å². The van der Waals surface area contributed by atoms with Crippen molar-refractivity contribution in [2.24, 2.45) is 5.92 Å². The van der Waals surface area contributed by atoms with Gasteiger partial charge >= 0.3 is 6.18 Å². The lowest BCUT2D eigenvalue weighted by atomic mass is 9.91. The first-order chi connectivity index (χ1) is 13.5. The van der Waals surface area contributed by atoms with Crippen molar-refractivity contribution in [2.75, 3.05) is 4.90 Å². The van der Waals surface area contributed by atoms with Crippen LogP contribution in [0, 0.1) is 5.92 Å². The molecule has 2 aromatic rings. The summed E-state index contributed by atoms with van der Waals surface area (Å²) < 4.78 is 38.6. The second kappa shape index (κ2) is 7.27. The van der Waals surface area contributed by atoms with Gasteiger partial charge in [0.05, 0.1) is 17.2 Å². The normalized spacial score (nSPS) is 17.4. The molecule has 1 aliphatic heterocycles. The molecule has 2 aromatic carbocycles. The molecule has 1 amide bonds. The number of hydrogen-bond acceptors (Lipinski definition) is 4. The maximum Gasteiger partial charge on any atom is 0.416 e. The Hall–Kier alpha value is -3.29. The van der Waals surface area contributed by atoms with Gasteiger partial charge in [-0.05, 0) is 42.0 Å². The summed E-state index contributed by atoms with van der Waals surface area (Å²) in [6.45, 7) is 3.23. The number of carbonyl (C=O) groups excluding carboxylic acids is 2. The second-order valence-electron chi connectivity index (χ2n) is 7.00. The number of carbonyl (C=O) groups is 2. The minimum absolute atomic E-state index is 0.0379. The molecule has 0 aromatic heterocycles. The highest BCUT2D eigenvalue weighted by molar-refractivity contribution is 6.16. The smallest absolute Gasteiger partial charge is 0.416 e. The number of phenolic OH excluding ortho intramolecular Hbond substituents is 1. The molecular formula is C21H18F3NO4. The number of phenols is 1. The molecule has 0 radical (unpaired) electrons. The van der Waals surface area contributed by atoms with Gasteiger partial charge in [0.2, 0.25) is 0 Å². The van der Waals surface area contributed by atoms with Crippen LogP contribution >= 0.6 is 0 Å². The summed E-state index contributed by atoms with van der Waals surface area (Å²) in [6.07, 6.45) is -4.54. The Kier molecular flexibility index (Phi) is 5.13. The van der Waals surface area contributed by atoms with Gasteiger partial charge < -0.3 is 10.2 Å². The number of anilines is 1. The zero-order valence-electron chi connectivity index (χ0n) is 15.6. The van der Waals surface area contributed by atoms with Crippen molar-refractivity contribution >= 4 is 17.4 Å². The molecule has 1 heterocycles. The lowest BCUT2D eigenvalue weighted by Gasteiger charge is -2.27. The lowest BCUT2D eigenvalue weighted by Crippen LogP contribution is -2.31. The molecular weight excluding hydrogens is 387 g/mol. The third-order valence-electron chi connectivity index (χ3n) is 4.68. The molecule has 0 aliphatic carbocycles. The first kappa shape index (κ1) is 20.4. The van der Waals surface area contributed by atoms with Crippen LogP contribution in [0.15, 0.2) is 59.9 Å². The van der Waals surface area contributed by atoms with Gasteiger partial charge in [0.25, 0.3) is 5.91 Å². The van der Waals surface area contributed by atoms with Crippen molar-refractivity contribution in [3.8, 4) is 5.75 Å². The minimum atomic E-state index is -4.54. The molecule has 0 fully saturated rings. The average Bonchev–Trinajstić information content (AvgIpc) is 2.92. The second-order valence-corrected chi connectivity index (χ2v) is 7.00. The van der Waals surface area contributed by atoms with Gasteiger partial charge in [-0.15, -0.1) is 0 Å². The lowest BCUT2D eigenvalue weighted by molar-refractivity contribution is -0.137. The number of aliphatic hydroxyl groups is 1. The number of benzene rings is 2. The van der Waals surface area contributed by atoms with Crippen molar-refractivity contribution in [1.82, 2.24) is 0 Å². The van der Waals surface area contributed by atoms with Gasteiger partial charge in [0.15, 0.2) is 11.5 Å². The minimum Gasteiger partial charge on any atom is -0.508 e. The number of Topliss-reactive ketones (excluding diaryl/α,β-unsaturated/α-hetero) is 1. The number of hydrogen-bond donors (Lipinski definition) is 2. The maximum absolute atomic E-state index is 12.9. The Balaban J connectivity index is 2.13. The highest BCUT2D eigenvalue weighted by Crippen LogP contribution is 2.42. The van der Waals surface area contributed by atoms with Gasteiger partial charge in [-0.3, -0.25) is 14.5 Å². The first-order valence-corrected chi connectivity index (χ1v) is 8.79. The van der Waals surface area contributed by atoms with E-state index in [1.807, 2.05) is 0 Å². The molecule has 29 heavy (non-hydrogen) atoms. The zero-order chi connectivity index (χ0) is 21.5. The van der Waals surface area contributed by atoms with Gasteiger partial charge in [0.1, 0.15) is 5.75 Å². The molecule has 0 saturated carbocycles. The van der Waals surface area contributed by atoms with Crippen LogP contribution in [-0.2, 0) is 15.8 Å². The third kappa shape index (κ3) is 3.70. The van der Waals surface area contributed by atoms with Crippen LogP contribution in [-0.4, -0.2) is 21.9 Å². The van der Waals surface area contributed by atoms with Gasteiger partial charge in [0, 0.05) is 11.6 Å². The standard InChI is InChI=1S/C21H18F3NO4/c1-11(2)18(27)16-17(12-3-9-15(26)10-4-12)25(20(29)19(16)28)14-7-5-13(6-8-14)21(22,23)24/h3-11,17,26,28H,1-2H3. The van der Waals surface area contributed by atoms with E-state index in [-0.39, 0.29) is 17.0 Å². The fraction of sp³-hybridized carbons (Fsp3) is 0.238. The molecule has 1 aliphatic rings. The largest absolute Gasteiger partial charge is 0.508 e. The van der Waals surface area contributed by atoms with Crippen molar-refractivity contribution in [3.05, 3.63) is 71.0 Å². The molecule has 0 bridgehead atoms. The summed E-state index contributed by atoms with van der Waals surface area (Å²) in [5, 5.41) is 20.0. The van der Waals surface area contributed by atoms with Crippen LogP contribution in [0.3, 0.4) is 0 Å². The number of aliphatic hydroxyl groups excluding tert-OH is 1. The fourth-order valence-electron chi connectivity index (χ4n) is 3.22. The fourth-order valence-corrected chi connectivity index (χ4v) is 3.22. The Labute approximate surface area is 164 Å². The zero-order valence-corrected chi connectivity index (χ0v) is 15.6. The van der Waals surface area contributed by atoms with E-state index in [4.69, 9.17) is 0 Å². The number of ketones is 1. The number of halogens is 3. The average molecular weight is 405 g/mol. The van der Waals surface area contributed by atoms with Gasteiger partial charge in [-0.2, -0.15) is 13.2 Å². The molecule has 2 N–H and O–H groups in total. The molecule has 5 nitrogen and oxygen atoms in total. The van der Waals surface area contributed by atoms with E-state index in [0.717, 1.165) is 29.2 Å². The van der Waals surface area contributed by atoms with Crippen LogP contribution < -0.4 is 4.90 Å². The molecule has 3 rings (SSSR count). The summed E-state index contributed by atoms with van der Waals surface area (Å²) in [6, 6.07) is 8.54. The van der Waals surface area contributed by atoms with Crippen molar-refractivity contribution in [3.63, 3.8) is 0 Å². The predicted molar refractivity (Wildman–Crippen MR) is 99.3 cm³/mol. The summed E-state index contributed by atoms with van der Waals surface area (Å²) in [5.41, 5.74) is -0.497. The maximum atomic E-state index is 12.9. The van der Waals surface area contributed by atoms with E-state index in [1.54, 1.807) is 13.8 Å². The van der Waals surface area contributed by atoms with Crippen LogP contribution in [0.2, 0.25) is 0 Å². The third-order valence-corrected chi connectivity index (χ3v) is 4.68. The summed E-state index contributed by atoms with van der Waals surface area (Å²) in [4.78, 5) is 26.6. The van der Waals surface area contributed by atoms with Gasteiger partial charge in [-0.1, -0.05) is 26.0 Å². The van der Waals surface area contributed by atoms with Crippen molar-refractivity contribution in [1.29, 1.82) is 0 Å². The monoisotopic (exact) mass is 405 g/mol. The van der Waals surface area contributed by atoms with Crippen LogP contribution in [0.1, 0.15) is 31.0 Å². The predicted octanol–water partition coefficient (Wildman–Crippen LogP) is 4.54. The molecule has 0 saturated heterocycles.